The fraction of sp³-hybridized carbons (Fsp3) is 0.429. The molecule has 0 spiro atoms. The van der Waals surface area contributed by atoms with E-state index in [9.17, 15) is 18.0 Å². The summed E-state index contributed by atoms with van der Waals surface area (Å²) in [6.45, 7) is -1.99. The van der Waals surface area contributed by atoms with E-state index in [1.54, 1.807) is 0 Å². The molecule has 5 nitrogen and oxygen atoms in total. The van der Waals surface area contributed by atoms with Crippen LogP contribution in [-0.2, 0) is 16.1 Å². The van der Waals surface area contributed by atoms with E-state index in [0.717, 1.165) is 4.68 Å². The van der Waals surface area contributed by atoms with Crippen molar-refractivity contribution >= 4 is 11.8 Å². The van der Waals surface area contributed by atoms with Gasteiger partial charge >= 0.3 is 12.1 Å². The van der Waals surface area contributed by atoms with Gasteiger partial charge in [0, 0.05) is 6.20 Å². The van der Waals surface area contributed by atoms with Crippen molar-refractivity contribution in [3.63, 3.8) is 0 Å². The van der Waals surface area contributed by atoms with E-state index in [2.05, 4.69) is 9.84 Å². The lowest BCUT2D eigenvalue weighted by Gasteiger charge is -2.07. The Balaban J connectivity index is 2.37. The SMILES string of the molecule is Nc1ccn(CC(=O)OCC(F)(F)F)n1. The van der Waals surface area contributed by atoms with Crippen LogP contribution in [0.3, 0.4) is 0 Å². The number of anilines is 1. The van der Waals surface area contributed by atoms with Crippen molar-refractivity contribution in [3.05, 3.63) is 12.3 Å². The minimum Gasteiger partial charge on any atom is -0.455 e. The molecule has 1 aromatic rings. The third-order valence-corrected chi connectivity index (χ3v) is 1.35. The Kier molecular flexibility index (Phi) is 3.17. The third kappa shape index (κ3) is 4.34. The van der Waals surface area contributed by atoms with Gasteiger partial charge in [0.05, 0.1) is 0 Å². The normalized spacial score (nSPS) is 11.4. The van der Waals surface area contributed by atoms with Gasteiger partial charge in [-0.25, -0.2) is 0 Å². The second kappa shape index (κ2) is 4.20. The number of nitrogens with zero attached hydrogens (tertiary/aromatic N) is 2. The highest BCUT2D eigenvalue weighted by atomic mass is 19.4. The third-order valence-electron chi connectivity index (χ3n) is 1.35. The molecule has 0 unspecified atom stereocenters. The van der Waals surface area contributed by atoms with Gasteiger partial charge in [-0.2, -0.15) is 18.3 Å². The molecule has 0 amide bonds. The standard InChI is InChI=1S/C7H8F3N3O2/c8-7(9,10)4-15-6(14)3-13-2-1-5(11)12-13/h1-2H,3-4H2,(H2,11,12). The number of alkyl halides is 3. The number of carbonyl (C=O) groups excluding carboxylic acids is 1. The Morgan fingerprint density at radius 3 is 2.73 bits per heavy atom. The second-order valence-corrected chi connectivity index (χ2v) is 2.71. The van der Waals surface area contributed by atoms with Crippen LogP contribution < -0.4 is 5.73 Å². The molecule has 0 saturated carbocycles. The van der Waals surface area contributed by atoms with Gasteiger partial charge in [-0.3, -0.25) is 9.48 Å². The summed E-state index contributed by atoms with van der Waals surface area (Å²) in [5.74, 6) is -0.839. The van der Waals surface area contributed by atoms with Gasteiger partial charge < -0.3 is 10.5 Å². The molecular formula is C7H8F3N3O2. The molecule has 2 N–H and O–H groups in total. The number of hydrogen-bond donors (Lipinski definition) is 1. The van der Waals surface area contributed by atoms with Crippen molar-refractivity contribution in [3.8, 4) is 0 Å². The highest BCUT2D eigenvalue weighted by Crippen LogP contribution is 2.14. The van der Waals surface area contributed by atoms with E-state index < -0.39 is 25.3 Å². The molecule has 0 atom stereocenters. The van der Waals surface area contributed by atoms with Gasteiger partial charge in [0.2, 0.25) is 0 Å². The lowest BCUT2D eigenvalue weighted by Crippen LogP contribution is -2.23. The van der Waals surface area contributed by atoms with Gasteiger partial charge in [-0.1, -0.05) is 0 Å². The maximum Gasteiger partial charge on any atom is 0.422 e. The van der Waals surface area contributed by atoms with Crippen LogP contribution >= 0.6 is 0 Å². The Morgan fingerprint density at radius 1 is 1.60 bits per heavy atom. The minimum atomic E-state index is -4.52. The number of rotatable bonds is 3. The zero-order valence-electron chi connectivity index (χ0n) is 7.49. The zero-order chi connectivity index (χ0) is 11.5. The molecule has 0 saturated heterocycles. The number of nitrogens with two attached hydrogens (primary N) is 1. The first kappa shape index (κ1) is 11.3. The molecular weight excluding hydrogens is 215 g/mol. The predicted molar refractivity (Wildman–Crippen MR) is 43.7 cm³/mol. The van der Waals surface area contributed by atoms with Crippen molar-refractivity contribution in [1.29, 1.82) is 0 Å². The highest BCUT2D eigenvalue weighted by molar-refractivity contribution is 5.69. The van der Waals surface area contributed by atoms with Gasteiger partial charge in [0.15, 0.2) is 6.61 Å². The monoisotopic (exact) mass is 223 g/mol. The molecule has 8 heteroatoms. The van der Waals surface area contributed by atoms with Crippen molar-refractivity contribution in [2.75, 3.05) is 12.3 Å². The van der Waals surface area contributed by atoms with Crippen LogP contribution in [0.4, 0.5) is 19.0 Å². The number of esters is 1. The number of ether oxygens (including phenoxy) is 1. The number of aromatic nitrogens is 2. The quantitative estimate of drug-likeness (QED) is 0.760. The number of halogens is 3. The summed E-state index contributed by atoms with van der Waals surface area (Å²) in [7, 11) is 0. The summed E-state index contributed by atoms with van der Waals surface area (Å²) in [5, 5.41) is 3.61. The van der Waals surface area contributed by atoms with Crippen LogP contribution in [0.25, 0.3) is 0 Å². The topological polar surface area (TPSA) is 70.1 Å². The highest BCUT2D eigenvalue weighted by Gasteiger charge is 2.29. The fourth-order valence-corrected chi connectivity index (χ4v) is 0.806. The Morgan fingerprint density at radius 2 is 2.27 bits per heavy atom. The molecule has 0 aliphatic rings. The lowest BCUT2D eigenvalue weighted by atomic mass is 10.6. The molecule has 0 radical (unpaired) electrons. The summed E-state index contributed by atoms with van der Waals surface area (Å²) in [5.41, 5.74) is 5.23. The maximum atomic E-state index is 11.6. The van der Waals surface area contributed by atoms with Gasteiger partial charge in [0.1, 0.15) is 12.4 Å². The van der Waals surface area contributed by atoms with Crippen molar-refractivity contribution in [2.45, 2.75) is 12.7 Å². The van der Waals surface area contributed by atoms with E-state index in [1.807, 2.05) is 0 Å². The largest absolute Gasteiger partial charge is 0.455 e. The molecule has 0 fully saturated rings. The number of carbonyl (C=O) groups is 1. The van der Waals surface area contributed by atoms with Gasteiger partial charge in [-0.15, -0.1) is 0 Å². The second-order valence-electron chi connectivity index (χ2n) is 2.71. The summed E-state index contributed by atoms with van der Waals surface area (Å²) >= 11 is 0. The van der Waals surface area contributed by atoms with Crippen LogP contribution in [0, 0.1) is 0 Å². The Bertz CT molecular complexity index is 347. The van der Waals surface area contributed by atoms with Crippen LogP contribution in [0.15, 0.2) is 12.3 Å². The van der Waals surface area contributed by atoms with Crippen molar-refractivity contribution < 1.29 is 22.7 Å². The fourth-order valence-electron chi connectivity index (χ4n) is 0.806. The van der Waals surface area contributed by atoms with E-state index >= 15 is 0 Å². The van der Waals surface area contributed by atoms with E-state index in [-0.39, 0.29) is 5.82 Å². The average molecular weight is 223 g/mol. The lowest BCUT2D eigenvalue weighted by molar-refractivity contribution is -0.186. The summed E-state index contributed by atoms with van der Waals surface area (Å²) in [6, 6.07) is 1.41. The average Bonchev–Trinajstić information content (AvgIpc) is 2.47. The van der Waals surface area contributed by atoms with E-state index in [0.29, 0.717) is 0 Å². The van der Waals surface area contributed by atoms with Crippen molar-refractivity contribution in [1.82, 2.24) is 9.78 Å². The minimum absolute atomic E-state index is 0.179. The molecule has 1 heterocycles. The first-order chi connectivity index (χ1) is 6.87. The first-order valence-corrected chi connectivity index (χ1v) is 3.88. The smallest absolute Gasteiger partial charge is 0.422 e. The van der Waals surface area contributed by atoms with Crippen LogP contribution in [-0.4, -0.2) is 28.5 Å². The van der Waals surface area contributed by atoms with Crippen molar-refractivity contribution in [2.24, 2.45) is 0 Å². The zero-order valence-corrected chi connectivity index (χ0v) is 7.49. The molecule has 1 aromatic heterocycles. The summed E-state index contributed by atoms with van der Waals surface area (Å²) in [6.07, 6.45) is -3.15. The number of nitrogen functional groups attached to an aromatic ring is 1. The number of hydrogen-bond acceptors (Lipinski definition) is 4. The van der Waals surface area contributed by atoms with Gasteiger partial charge in [-0.05, 0) is 6.07 Å². The molecule has 0 aliphatic heterocycles. The molecule has 1 rings (SSSR count). The van der Waals surface area contributed by atoms with Gasteiger partial charge in [0.25, 0.3) is 0 Å². The molecule has 84 valence electrons. The van der Waals surface area contributed by atoms with Crippen LogP contribution in [0.1, 0.15) is 0 Å². The first-order valence-electron chi connectivity index (χ1n) is 3.88. The van der Waals surface area contributed by atoms with Crippen LogP contribution in [0.5, 0.6) is 0 Å². The molecule has 15 heavy (non-hydrogen) atoms. The van der Waals surface area contributed by atoms with E-state index in [1.165, 1.54) is 12.3 Å². The van der Waals surface area contributed by atoms with E-state index in [4.69, 9.17) is 5.73 Å². The summed E-state index contributed by atoms with van der Waals surface area (Å²) < 4.78 is 40.0. The summed E-state index contributed by atoms with van der Waals surface area (Å²) in [4.78, 5) is 10.8. The molecule has 0 aromatic carbocycles. The maximum absolute atomic E-state index is 11.6. The van der Waals surface area contributed by atoms with Crippen LogP contribution in [0.2, 0.25) is 0 Å². The molecule has 0 aliphatic carbocycles. The predicted octanol–water partition coefficient (Wildman–Crippen LogP) is 0.571. The Hall–Kier alpha value is -1.73. The molecule has 0 bridgehead atoms. The Labute approximate surface area is 82.6 Å².